The molecule has 1 saturated carbocycles. The van der Waals surface area contributed by atoms with E-state index in [0.29, 0.717) is 93.9 Å². The normalized spacial score (nSPS) is 17.8. The molecule has 2 N–H and O–H groups in total. The number of aryl methyl sites for hydroxylation is 2. The fraction of sp³-hybridized carbons (Fsp3) is 0.553. The van der Waals surface area contributed by atoms with Gasteiger partial charge in [-0.25, -0.2) is 4.79 Å². The number of aromatic nitrogens is 1. The van der Waals surface area contributed by atoms with Crippen LogP contribution in [0.3, 0.4) is 0 Å². The van der Waals surface area contributed by atoms with E-state index in [1.807, 2.05) is 56.3 Å². The summed E-state index contributed by atoms with van der Waals surface area (Å²) in [6, 6.07) is 9.78. The number of hydrogen-bond acceptors (Lipinski definition) is 12. The Labute approximate surface area is 349 Å². The molecule has 0 spiro atoms. The summed E-state index contributed by atoms with van der Waals surface area (Å²) < 4.78 is 28.0. The summed E-state index contributed by atoms with van der Waals surface area (Å²) in [6.45, 7) is 4.76. The van der Waals surface area contributed by atoms with Crippen molar-refractivity contribution in [1.29, 1.82) is 0 Å². The fourth-order valence-corrected chi connectivity index (χ4v) is 7.04. The van der Waals surface area contributed by atoms with Crippen LogP contribution in [-0.4, -0.2) is 63.7 Å². The number of pyridine rings is 1. The van der Waals surface area contributed by atoms with E-state index in [4.69, 9.17) is 36.5 Å². The number of benzene rings is 1. The number of esters is 3. The summed E-state index contributed by atoms with van der Waals surface area (Å²) in [4.78, 5) is 54.9. The van der Waals surface area contributed by atoms with E-state index in [9.17, 15) is 29.4 Å². The van der Waals surface area contributed by atoms with Crippen molar-refractivity contribution in [2.75, 3.05) is 0 Å². The molecule has 3 rings (SSSR count). The van der Waals surface area contributed by atoms with Gasteiger partial charge in [-0.05, 0) is 102 Å². The van der Waals surface area contributed by atoms with Crippen LogP contribution < -0.4 is 4.74 Å². The van der Waals surface area contributed by atoms with Crippen molar-refractivity contribution in [2.45, 2.75) is 155 Å². The van der Waals surface area contributed by atoms with Crippen LogP contribution in [0.5, 0.6) is 5.75 Å². The summed E-state index contributed by atoms with van der Waals surface area (Å²) in [5, 5.41) is 21.9. The minimum atomic E-state index is -0.998. The number of unbranched alkanes of at least 4 members (excludes halogenated alkanes) is 3. The number of rotatable bonds is 25. The van der Waals surface area contributed by atoms with Gasteiger partial charge in [0.1, 0.15) is 19.3 Å². The molecule has 0 bridgehead atoms. The van der Waals surface area contributed by atoms with Crippen LogP contribution in [0, 0.1) is 43.4 Å². The molecule has 0 saturated heterocycles. The second-order valence-corrected chi connectivity index (χ2v) is 15.1. The molecule has 1 aromatic carbocycles. The lowest BCUT2D eigenvalue weighted by atomic mass is 9.85. The number of allylic oxidation sites excluding steroid dienone is 2. The third-order valence-corrected chi connectivity index (χ3v) is 10.2. The largest absolute Gasteiger partial charge is 0.514 e. The van der Waals surface area contributed by atoms with Crippen molar-refractivity contribution in [3.63, 3.8) is 0 Å². The first kappa shape index (κ1) is 48.2. The molecule has 0 aliphatic heterocycles. The molecule has 1 heterocycles. The molecular weight excluding hydrogens is 755 g/mol. The summed E-state index contributed by atoms with van der Waals surface area (Å²) in [5.41, 5.74) is 2.05. The number of carbonyl (C=O) groups excluding carboxylic acids is 4. The van der Waals surface area contributed by atoms with Crippen molar-refractivity contribution in [3.8, 4) is 30.4 Å². The van der Waals surface area contributed by atoms with Crippen molar-refractivity contribution in [1.82, 2.24) is 4.98 Å². The predicted molar refractivity (Wildman–Crippen MR) is 221 cm³/mol. The first-order chi connectivity index (χ1) is 28.4. The van der Waals surface area contributed by atoms with Crippen LogP contribution in [0.25, 0.3) is 0 Å². The van der Waals surface area contributed by atoms with Crippen molar-refractivity contribution in [3.05, 3.63) is 71.1 Å². The topological polar surface area (TPSA) is 168 Å². The van der Waals surface area contributed by atoms with Gasteiger partial charge in [-0.1, -0.05) is 42.5 Å². The van der Waals surface area contributed by atoms with Gasteiger partial charge in [0.15, 0.2) is 5.75 Å². The lowest BCUT2D eigenvalue weighted by Gasteiger charge is -2.25. The maximum Gasteiger partial charge on any atom is 0.514 e. The van der Waals surface area contributed by atoms with Crippen LogP contribution in [0.4, 0.5) is 4.79 Å². The number of terminal acetylenes is 2. The van der Waals surface area contributed by atoms with E-state index < -0.39 is 36.4 Å². The summed E-state index contributed by atoms with van der Waals surface area (Å²) in [7, 11) is 0. The van der Waals surface area contributed by atoms with E-state index in [-0.39, 0.29) is 62.1 Å². The number of aliphatic hydroxyl groups excluding tert-OH is 2. The molecule has 0 amide bonds. The average Bonchev–Trinajstić information content (AvgIpc) is 3.47. The predicted octanol–water partition coefficient (Wildman–Crippen LogP) is 7.81. The molecule has 59 heavy (non-hydrogen) atoms. The number of hydrogen-bond donors (Lipinski definition) is 2. The molecular formula is C47H61NO11. The zero-order valence-electron chi connectivity index (χ0n) is 34.8. The molecule has 0 radical (unpaired) electrons. The standard InChI is InChI=1S/C47H61NO11/c1-6-8-13-22-43(51)55-31-36-30-48-34(5)46(40(36)32-56-44(52)23-14-9-7-2)59-47(54)58-37(26-25-35-19-15-12-16-20-35)27-28-39-38(41(49)29-42(39)50)21-17-10-11-18-24-45(53)57-33(3)4/h1-2,10,12,15-17,19-20,30,33,37-39,41-42,49-50H,8-9,11,13-14,18,21-29,31-32H2,3-5H3/b17-10-/t37?,38-,39-,41+,42-/m1/s1. The molecule has 1 fully saturated rings. The highest BCUT2D eigenvalue weighted by Crippen LogP contribution is 2.39. The van der Waals surface area contributed by atoms with Crippen molar-refractivity contribution in [2.24, 2.45) is 11.8 Å². The third-order valence-electron chi connectivity index (χ3n) is 10.2. The number of ether oxygens (including phenoxy) is 5. The van der Waals surface area contributed by atoms with Crippen LogP contribution in [0.2, 0.25) is 0 Å². The van der Waals surface area contributed by atoms with Crippen molar-refractivity contribution < 1.29 is 53.1 Å². The van der Waals surface area contributed by atoms with Gasteiger partial charge in [0.25, 0.3) is 0 Å². The van der Waals surface area contributed by atoms with Crippen LogP contribution in [0.15, 0.2) is 48.7 Å². The SMILES string of the molecule is C#CCCCC(=O)OCc1cnc(C)c(OC(=O)OC(CCc2ccccc2)CC[C@@H]2[C@@H](C/C=C\CCCC(=O)OC(C)C)[C@@H](O)C[C@H]2O)c1COC(=O)CCCC#C. The lowest BCUT2D eigenvalue weighted by molar-refractivity contribution is -0.147. The van der Waals surface area contributed by atoms with Gasteiger partial charge in [0.2, 0.25) is 0 Å². The molecule has 320 valence electrons. The molecule has 1 unspecified atom stereocenters. The minimum Gasteiger partial charge on any atom is -0.463 e. The van der Waals surface area contributed by atoms with Crippen LogP contribution in [-0.2, 0) is 53.0 Å². The average molecular weight is 816 g/mol. The Hall–Kier alpha value is -5.17. The van der Waals surface area contributed by atoms with E-state index in [1.165, 1.54) is 6.20 Å². The van der Waals surface area contributed by atoms with E-state index in [2.05, 4.69) is 16.8 Å². The molecule has 12 heteroatoms. The Kier molecular flexibility index (Phi) is 21.9. The van der Waals surface area contributed by atoms with Gasteiger partial charge in [-0.2, -0.15) is 0 Å². The molecule has 1 aliphatic rings. The quantitative estimate of drug-likeness (QED) is 0.0329. The number of nitrogens with zero attached hydrogens (tertiary/aromatic N) is 1. The van der Waals surface area contributed by atoms with Gasteiger partial charge >= 0.3 is 24.1 Å². The highest BCUT2D eigenvalue weighted by molar-refractivity contribution is 5.71. The smallest absolute Gasteiger partial charge is 0.463 e. The van der Waals surface area contributed by atoms with Gasteiger partial charge < -0.3 is 33.9 Å². The zero-order valence-corrected chi connectivity index (χ0v) is 34.8. The molecule has 1 aromatic heterocycles. The van der Waals surface area contributed by atoms with Crippen LogP contribution >= 0.6 is 0 Å². The number of carbonyl (C=O) groups is 4. The second-order valence-electron chi connectivity index (χ2n) is 15.1. The summed E-state index contributed by atoms with van der Waals surface area (Å²) in [6.07, 6.45) is 19.3. The Morgan fingerprint density at radius 1 is 0.847 bits per heavy atom. The van der Waals surface area contributed by atoms with Crippen LogP contribution in [0.1, 0.15) is 126 Å². The summed E-state index contributed by atoms with van der Waals surface area (Å²) >= 11 is 0. The molecule has 2 aromatic rings. The Morgan fingerprint density at radius 3 is 2.15 bits per heavy atom. The second kappa shape index (κ2) is 26.8. The highest BCUT2D eigenvalue weighted by atomic mass is 16.7. The van der Waals surface area contributed by atoms with Crippen molar-refractivity contribution >= 4 is 24.1 Å². The first-order valence-corrected chi connectivity index (χ1v) is 20.7. The highest BCUT2D eigenvalue weighted by Gasteiger charge is 2.41. The maximum absolute atomic E-state index is 13.6. The van der Waals surface area contributed by atoms with E-state index in [1.54, 1.807) is 6.92 Å². The van der Waals surface area contributed by atoms with Gasteiger partial charge in [0.05, 0.1) is 24.0 Å². The molecule has 5 atom stereocenters. The van der Waals surface area contributed by atoms with Gasteiger partial charge in [0, 0.05) is 49.4 Å². The maximum atomic E-state index is 13.6. The first-order valence-electron chi connectivity index (χ1n) is 20.7. The number of aliphatic hydroxyl groups is 2. The van der Waals surface area contributed by atoms with Gasteiger partial charge in [-0.3, -0.25) is 19.4 Å². The monoisotopic (exact) mass is 815 g/mol. The molecule has 12 nitrogen and oxygen atoms in total. The minimum absolute atomic E-state index is 0.0205. The van der Waals surface area contributed by atoms with Gasteiger partial charge in [-0.15, -0.1) is 24.7 Å². The fourth-order valence-electron chi connectivity index (χ4n) is 7.04. The summed E-state index contributed by atoms with van der Waals surface area (Å²) in [5.74, 6) is 3.36. The van der Waals surface area contributed by atoms with E-state index in [0.717, 1.165) is 5.56 Å². The third kappa shape index (κ3) is 18.1. The Morgan fingerprint density at radius 2 is 1.49 bits per heavy atom. The Balaban J connectivity index is 1.75. The Bertz CT molecular complexity index is 1740. The zero-order chi connectivity index (χ0) is 43.0. The lowest BCUT2D eigenvalue weighted by Crippen LogP contribution is -2.27. The van der Waals surface area contributed by atoms with E-state index >= 15 is 0 Å². The molecule has 1 aliphatic carbocycles.